The zero-order chi connectivity index (χ0) is 23.8. The predicted molar refractivity (Wildman–Crippen MR) is 144 cm³/mol. The van der Waals surface area contributed by atoms with Gasteiger partial charge >= 0.3 is 0 Å². The Balaban J connectivity index is 1.63. The molecule has 1 N–H and O–H groups in total. The number of nitrogens with zero attached hydrogens (tertiary/aromatic N) is 4. The highest BCUT2D eigenvalue weighted by Gasteiger charge is 2.42. The molecule has 0 spiro atoms. The van der Waals surface area contributed by atoms with Crippen molar-refractivity contribution in [1.82, 2.24) is 19.9 Å². The molecule has 3 aromatic heterocycles. The number of pyridine rings is 2. The van der Waals surface area contributed by atoms with Crippen LogP contribution in [0.2, 0.25) is 0 Å². The van der Waals surface area contributed by atoms with E-state index in [9.17, 15) is 0 Å². The van der Waals surface area contributed by atoms with Crippen LogP contribution < -0.4 is 10.2 Å². The Morgan fingerprint density at radius 3 is 2.59 bits per heavy atom. The van der Waals surface area contributed by atoms with E-state index < -0.39 is 0 Å². The quantitative estimate of drug-likeness (QED) is 0.311. The monoisotopic (exact) mass is 531 g/mol. The molecule has 0 aliphatic carbocycles. The van der Waals surface area contributed by atoms with Crippen LogP contribution in [0, 0.1) is 20.8 Å². The number of nitrogens with one attached hydrogen (secondary N) is 1. The molecular weight excluding hydrogens is 506 g/mol. The van der Waals surface area contributed by atoms with Gasteiger partial charge in [0.25, 0.3) is 0 Å². The van der Waals surface area contributed by atoms with E-state index in [0.717, 1.165) is 22.4 Å². The largest absolute Gasteiger partial charge is 0.351 e. The lowest BCUT2D eigenvalue weighted by molar-refractivity contribution is 0.563. The van der Waals surface area contributed by atoms with Crippen LogP contribution in [0.25, 0.3) is 0 Å². The maximum atomic E-state index is 5.90. The predicted octanol–water partition coefficient (Wildman–Crippen LogP) is 6.19. The van der Waals surface area contributed by atoms with Gasteiger partial charge in [-0.15, -0.1) is 0 Å². The lowest BCUT2D eigenvalue weighted by atomic mass is 9.96. The molecule has 172 valence electrons. The van der Waals surface area contributed by atoms with E-state index in [1.807, 2.05) is 36.8 Å². The Morgan fingerprint density at radius 2 is 1.88 bits per heavy atom. The number of halogens is 1. The summed E-state index contributed by atoms with van der Waals surface area (Å²) < 4.78 is 3.44. The number of benzene rings is 1. The van der Waals surface area contributed by atoms with Crippen LogP contribution in [0.15, 0.2) is 77.7 Å². The fourth-order valence-corrected chi connectivity index (χ4v) is 5.36. The van der Waals surface area contributed by atoms with Crippen molar-refractivity contribution in [2.24, 2.45) is 0 Å². The lowest BCUT2D eigenvalue weighted by Crippen LogP contribution is -2.29. The zero-order valence-electron chi connectivity index (χ0n) is 19.4. The number of aryl methyl sites for hydroxylation is 2. The third-order valence-corrected chi connectivity index (χ3v) is 7.72. The first kappa shape index (κ1) is 22.7. The summed E-state index contributed by atoms with van der Waals surface area (Å²) in [5, 5.41) is 4.28. The number of hydrogen-bond acceptors (Lipinski definition) is 3. The Hall–Kier alpha value is -3.03. The third kappa shape index (κ3) is 4.14. The summed E-state index contributed by atoms with van der Waals surface area (Å²) in [5.74, 6) is 0. The first-order valence-electron chi connectivity index (χ1n) is 11.3. The van der Waals surface area contributed by atoms with Crippen molar-refractivity contribution < 1.29 is 0 Å². The van der Waals surface area contributed by atoms with Gasteiger partial charge in [-0.1, -0.05) is 28.1 Å². The van der Waals surface area contributed by atoms with Crippen molar-refractivity contribution in [2.75, 3.05) is 4.90 Å². The number of rotatable bonds is 5. The van der Waals surface area contributed by atoms with Gasteiger partial charge in [-0.05, 0) is 92.1 Å². The second-order valence-electron chi connectivity index (χ2n) is 8.70. The molecule has 34 heavy (non-hydrogen) atoms. The summed E-state index contributed by atoms with van der Waals surface area (Å²) in [6.45, 7) is 7.24. The van der Waals surface area contributed by atoms with Gasteiger partial charge in [-0.2, -0.15) is 0 Å². The first-order chi connectivity index (χ1) is 16.4. The molecule has 0 bridgehead atoms. The Bertz CT molecular complexity index is 1340. The number of aromatic nitrogens is 3. The van der Waals surface area contributed by atoms with E-state index in [0.29, 0.717) is 5.11 Å². The van der Waals surface area contributed by atoms with Crippen molar-refractivity contribution >= 4 is 38.9 Å². The SMILES string of the molecule is Cc1cc(N2C(=S)N[C@H](c3ccccn3)[C@@H]2c2cc(C)n(Cc3cccnc3)c2C)ccc1Br. The second-order valence-corrected chi connectivity index (χ2v) is 9.95. The van der Waals surface area contributed by atoms with Gasteiger partial charge in [-0.25, -0.2) is 0 Å². The van der Waals surface area contributed by atoms with E-state index in [-0.39, 0.29) is 12.1 Å². The third-order valence-electron chi connectivity index (χ3n) is 6.51. The molecule has 1 saturated heterocycles. The van der Waals surface area contributed by atoms with Gasteiger partial charge in [0.2, 0.25) is 0 Å². The van der Waals surface area contributed by atoms with Crippen LogP contribution >= 0.6 is 28.1 Å². The van der Waals surface area contributed by atoms with Crippen LogP contribution in [0.5, 0.6) is 0 Å². The summed E-state index contributed by atoms with van der Waals surface area (Å²) in [4.78, 5) is 11.2. The Kier molecular flexibility index (Phi) is 6.23. The molecule has 4 aromatic rings. The molecule has 7 heteroatoms. The number of hydrogen-bond donors (Lipinski definition) is 1. The number of anilines is 1. The number of thiocarbonyl (C=S) groups is 1. The Labute approximate surface area is 214 Å². The smallest absolute Gasteiger partial charge is 0.174 e. The normalized spacial score (nSPS) is 17.8. The molecule has 1 aliphatic heterocycles. The highest BCUT2D eigenvalue weighted by atomic mass is 79.9. The summed E-state index contributed by atoms with van der Waals surface area (Å²) in [6.07, 6.45) is 5.58. The highest BCUT2D eigenvalue weighted by Crippen LogP contribution is 2.43. The van der Waals surface area contributed by atoms with Crippen LogP contribution in [-0.2, 0) is 6.54 Å². The van der Waals surface area contributed by atoms with E-state index >= 15 is 0 Å². The van der Waals surface area contributed by atoms with Crippen molar-refractivity contribution in [3.8, 4) is 0 Å². The van der Waals surface area contributed by atoms with Crippen LogP contribution in [0.1, 0.15) is 45.9 Å². The topological polar surface area (TPSA) is 46.0 Å². The molecular formula is C27H26BrN5S. The molecule has 4 heterocycles. The average molecular weight is 533 g/mol. The highest BCUT2D eigenvalue weighted by molar-refractivity contribution is 9.10. The summed E-state index contributed by atoms with van der Waals surface area (Å²) >= 11 is 9.53. The van der Waals surface area contributed by atoms with Gasteiger partial charge in [0.1, 0.15) is 0 Å². The van der Waals surface area contributed by atoms with Crippen molar-refractivity contribution in [1.29, 1.82) is 0 Å². The van der Waals surface area contributed by atoms with Gasteiger partial charge in [0.05, 0.1) is 17.8 Å². The molecule has 0 amide bonds. The van der Waals surface area contributed by atoms with Crippen LogP contribution in [0.3, 0.4) is 0 Å². The Morgan fingerprint density at radius 1 is 1.03 bits per heavy atom. The maximum Gasteiger partial charge on any atom is 0.174 e. The molecule has 1 aliphatic rings. The van der Waals surface area contributed by atoms with E-state index in [1.54, 1.807) is 0 Å². The average Bonchev–Trinajstić information content (AvgIpc) is 3.33. The minimum atomic E-state index is -0.0648. The minimum Gasteiger partial charge on any atom is -0.351 e. The lowest BCUT2D eigenvalue weighted by Gasteiger charge is -2.28. The molecule has 2 atom stereocenters. The molecule has 0 unspecified atom stereocenters. The van der Waals surface area contributed by atoms with Gasteiger partial charge in [0, 0.05) is 46.7 Å². The fraction of sp³-hybridized carbons (Fsp3) is 0.222. The van der Waals surface area contributed by atoms with Crippen LogP contribution in [0.4, 0.5) is 5.69 Å². The molecule has 5 nitrogen and oxygen atoms in total. The molecule has 0 saturated carbocycles. The maximum absolute atomic E-state index is 5.90. The molecule has 5 rings (SSSR count). The second kappa shape index (κ2) is 9.31. The summed E-state index contributed by atoms with van der Waals surface area (Å²) in [7, 11) is 0. The van der Waals surface area contributed by atoms with E-state index in [2.05, 4.69) is 97.9 Å². The van der Waals surface area contributed by atoms with Crippen molar-refractivity contribution in [3.05, 3.63) is 111 Å². The first-order valence-corrected chi connectivity index (χ1v) is 12.5. The van der Waals surface area contributed by atoms with Gasteiger partial charge in [0.15, 0.2) is 5.11 Å². The van der Waals surface area contributed by atoms with Crippen molar-refractivity contribution in [2.45, 2.75) is 39.4 Å². The fourth-order valence-electron chi connectivity index (χ4n) is 4.77. The molecule has 1 aromatic carbocycles. The summed E-state index contributed by atoms with van der Waals surface area (Å²) in [5.41, 5.74) is 8.06. The molecule has 0 radical (unpaired) electrons. The van der Waals surface area contributed by atoms with Crippen molar-refractivity contribution in [3.63, 3.8) is 0 Å². The van der Waals surface area contributed by atoms with E-state index in [4.69, 9.17) is 12.2 Å². The van der Waals surface area contributed by atoms with Gasteiger partial charge in [-0.3, -0.25) is 9.97 Å². The van der Waals surface area contributed by atoms with Crippen LogP contribution in [-0.4, -0.2) is 19.6 Å². The van der Waals surface area contributed by atoms with Gasteiger partial charge < -0.3 is 14.8 Å². The standard InChI is InChI=1S/C27H26BrN5S/c1-17-13-21(9-10-23(17)28)33-26(25(31-27(33)34)24-8-4-5-12-30-24)22-14-18(2)32(19(22)3)16-20-7-6-11-29-15-20/h4-15,25-26H,16H2,1-3H3,(H,31,34)/t25-,26+/m1/s1. The molecule has 1 fully saturated rings. The minimum absolute atomic E-state index is 0.0307. The zero-order valence-corrected chi connectivity index (χ0v) is 21.8. The summed E-state index contributed by atoms with van der Waals surface area (Å²) in [6, 6.07) is 18.7. The van der Waals surface area contributed by atoms with E-state index in [1.165, 1.54) is 28.1 Å².